The van der Waals surface area contributed by atoms with E-state index >= 15 is 0 Å². The van der Waals surface area contributed by atoms with Crippen LogP contribution in [0.15, 0.2) is 18.2 Å². The van der Waals surface area contributed by atoms with Gasteiger partial charge < -0.3 is 9.80 Å². The topological polar surface area (TPSA) is 19.4 Å². The van der Waals surface area contributed by atoms with E-state index < -0.39 is 0 Å². The quantitative estimate of drug-likeness (QED) is 0.771. The van der Waals surface area contributed by atoms with Crippen LogP contribution in [0.4, 0.5) is 5.82 Å². The Morgan fingerprint density at radius 3 is 3.00 bits per heavy atom. The van der Waals surface area contributed by atoms with Crippen molar-refractivity contribution in [1.29, 1.82) is 0 Å². The molecule has 1 aliphatic heterocycles. The molecule has 4 heteroatoms. The van der Waals surface area contributed by atoms with E-state index in [-0.39, 0.29) is 0 Å². The number of rotatable bonds is 3. The molecule has 0 aromatic carbocycles. The lowest BCUT2D eigenvalue weighted by atomic mass is 10.1. The molecule has 2 heterocycles. The van der Waals surface area contributed by atoms with Crippen LogP contribution >= 0.6 is 11.6 Å². The van der Waals surface area contributed by atoms with Crippen molar-refractivity contribution in [3.05, 3.63) is 23.9 Å². The molecular formula is C13H20ClN3. The number of alkyl halides is 1. The minimum absolute atomic E-state index is 0.485. The molecule has 0 radical (unpaired) electrons. The van der Waals surface area contributed by atoms with Gasteiger partial charge in [-0.05, 0) is 39.1 Å². The van der Waals surface area contributed by atoms with Gasteiger partial charge in [0, 0.05) is 19.1 Å². The SMILES string of the molecule is CN(C)C1CCCN(c2cccc(CCl)n2)C1. The maximum atomic E-state index is 5.83. The summed E-state index contributed by atoms with van der Waals surface area (Å²) in [6.45, 7) is 2.16. The number of halogens is 1. The molecule has 0 bridgehead atoms. The first-order chi connectivity index (χ1) is 8.20. The van der Waals surface area contributed by atoms with Crippen LogP contribution in [0.3, 0.4) is 0 Å². The highest BCUT2D eigenvalue weighted by molar-refractivity contribution is 6.16. The number of likely N-dealkylation sites (N-methyl/N-ethyl adjacent to an activating group) is 1. The normalized spacial score (nSPS) is 20.9. The number of hydrogen-bond acceptors (Lipinski definition) is 3. The fourth-order valence-corrected chi connectivity index (χ4v) is 2.45. The largest absolute Gasteiger partial charge is 0.355 e. The van der Waals surface area contributed by atoms with Crippen LogP contribution in [0.1, 0.15) is 18.5 Å². The molecule has 1 aliphatic rings. The Morgan fingerprint density at radius 2 is 2.29 bits per heavy atom. The molecule has 1 aromatic rings. The van der Waals surface area contributed by atoms with Gasteiger partial charge in [0.05, 0.1) is 11.6 Å². The summed E-state index contributed by atoms with van der Waals surface area (Å²) in [6, 6.07) is 6.72. The van der Waals surface area contributed by atoms with Crippen LogP contribution in [-0.4, -0.2) is 43.1 Å². The Kier molecular flexibility index (Phi) is 4.24. The van der Waals surface area contributed by atoms with E-state index in [1.807, 2.05) is 12.1 Å². The maximum absolute atomic E-state index is 5.83. The third-order valence-corrected chi connectivity index (χ3v) is 3.65. The Labute approximate surface area is 108 Å². The average Bonchev–Trinajstić information content (AvgIpc) is 2.39. The molecule has 94 valence electrons. The smallest absolute Gasteiger partial charge is 0.128 e. The molecule has 2 rings (SSSR count). The number of pyridine rings is 1. The molecule has 0 spiro atoms. The number of anilines is 1. The van der Waals surface area contributed by atoms with Gasteiger partial charge in [-0.15, -0.1) is 11.6 Å². The van der Waals surface area contributed by atoms with Crippen LogP contribution in [0.2, 0.25) is 0 Å². The first kappa shape index (κ1) is 12.7. The summed E-state index contributed by atoms with van der Waals surface area (Å²) in [7, 11) is 4.30. The Morgan fingerprint density at radius 1 is 1.47 bits per heavy atom. The summed E-state index contributed by atoms with van der Waals surface area (Å²) in [5.74, 6) is 1.55. The van der Waals surface area contributed by atoms with Gasteiger partial charge >= 0.3 is 0 Å². The molecule has 0 saturated carbocycles. The minimum Gasteiger partial charge on any atom is -0.355 e. The van der Waals surface area contributed by atoms with Crippen molar-refractivity contribution in [2.45, 2.75) is 24.8 Å². The number of nitrogens with zero attached hydrogens (tertiary/aromatic N) is 3. The van der Waals surface area contributed by atoms with E-state index in [1.165, 1.54) is 12.8 Å². The summed E-state index contributed by atoms with van der Waals surface area (Å²) in [5.41, 5.74) is 0.955. The number of aromatic nitrogens is 1. The van der Waals surface area contributed by atoms with E-state index in [9.17, 15) is 0 Å². The zero-order chi connectivity index (χ0) is 12.3. The summed E-state index contributed by atoms with van der Waals surface area (Å²) >= 11 is 5.83. The molecular weight excluding hydrogens is 234 g/mol. The minimum atomic E-state index is 0.485. The molecule has 1 saturated heterocycles. The van der Waals surface area contributed by atoms with E-state index in [0.29, 0.717) is 11.9 Å². The van der Waals surface area contributed by atoms with Crippen LogP contribution in [0.5, 0.6) is 0 Å². The van der Waals surface area contributed by atoms with E-state index in [4.69, 9.17) is 11.6 Å². The number of hydrogen-bond donors (Lipinski definition) is 0. The lowest BCUT2D eigenvalue weighted by Gasteiger charge is -2.36. The van der Waals surface area contributed by atoms with Crippen molar-refractivity contribution >= 4 is 17.4 Å². The van der Waals surface area contributed by atoms with Gasteiger partial charge in [-0.1, -0.05) is 6.07 Å². The fraction of sp³-hybridized carbons (Fsp3) is 0.615. The monoisotopic (exact) mass is 253 g/mol. The third-order valence-electron chi connectivity index (χ3n) is 3.38. The molecule has 17 heavy (non-hydrogen) atoms. The zero-order valence-electron chi connectivity index (χ0n) is 10.6. The van der Waals surface area contributed by atoms with Gasteiger partial charge in [-0.3, -0.25) is 0 Å². The van der Waals surface area contributed by atoms with E-state index in [2.05, 4.69) is 34.9 Å². The van der Waals surface area contributed by atoms with Crippen molar-refractivity contribution in [3.63, 3.8) is 0 Å². The summed E-state index contributed by atoms with van der Waals surface area (Å²) < 4.78 is 0. The highest BCUT2D eigenvalue weighted by Gasteiger charge is 2.22. The molecule has 0 N–H and O–H groups in total. The zero-order valence-corrected chi connectivity index (χ0v) is 11.3. The van der Waals surface area contributed by atoms with Crippen molar-refractivity contribution in [2.24, 2.45) is 0 Å². The standard InChI is InChI=1S/C13H20ClN3/c1-16(2)12-6-4-8-17(10-12)13-7-3-5-11(9-14)15-13/h3,5,7,12H,4,6,8-10H2,1-2H3. The lowest BCUT2D eigenvalue weighted by molar-refractivity contribution is 0.257. The number of piperidine rings is 1. The predicted octanol–water partition coefficient (Wildman–Crippen LogP) is 2.35. The second-order valence-corrected chi connectivity index (χ2v) is 5.09. The fourth-order valence-electron chi connectivity index (χ4n) is 2.30. The Hall–Kier alpha value is -0.800. The lowest BCUT2D eigenvalue weighted by Crippen LogP contribution is -2.45. The highest BCUT2D eigenvalue weighted by atomic mass is 35.5. The van der Waals surface area contributed by atoms with E-state index in [0.717, 1.165) is 24.6 Å². The molecule has 1 atom stereocenters. The Bertz CT molecular complexity index is 367. The van der Waals surface area contributed by atoms with Crippen molar-refractivity contribution in [3.8, 4) is 0 Å². The average molecular weight is 254 g/mol. The van der Waals surface area contributed by atoms with Gasteiger partial charge in [0.25, 0.3) is 0 Å². The van der Waals surface area contributed by atoms with Crippen LogP contribution in [0.25, 0.3) is 0 Å². The summed E-state index contributed by atoms with van der Waals surface area (Å²) in [4.78, 5) is 9.25. The Balaban J connectivity index is 2.10. The van der Waals surface area contributed by atoms with Gasteiger partial charge in [-0.25, -0.2) is 4.98 Å². The summed E-state index contributed by atoms with van der Waals surface area (Å²) in [5, 5.41) is 0. The highest BCUT2D eigenvalue weighted by Crippen LogP contribution is 2.20. The molecule has 0 aliphatic carbocycles. The van der Waals surface area contributed by atoms with Gasteiger partial charge in [0.2, 0.25) is 0 Å². The van der Waals surface area contributed by atoms with Gasteiger partial charge in [-0.2, -0.15) is 0 Å². The van der Waals surface area contributed by atoms with Crippen molar-refractivity contribution in [1.82, 2.24) is 9.88 Å². The maximum Gasteiger partial charge on any atom is 0.128 e. The second kappa shape index (κ2) is 5.69. The molecule has 1 fully saturated rings. The van der Waals surface area contributed by atoms with Gasteiger partial charge in [0.1, 0.15) is 5.82 Å². The second-order valence-electron chi connectivity index (χ2n) is 4.83. The van der Waals surface area contributed by atoms with E-state index in [1.54, 1.807) is 0 Å². The first-order valence-electron chi connectivity index (χ1n) is 6.14. The third kappa shape index (κ3) is 3.11. The van der Waals surface area contributed by atoms with Crippen molar-refractivity contribution < 1.29 is 0 Å². The van der Waals surface area contributed by atoms with Gasteiger partial charge in [0.15, 0.2) is 0 Å². The first-order valence-corrected chi connectivity index (χ1v) is 6.67. The summed E-state index contributed by atoms with van der Waals surface area (Å²) in [6.07, 6.45) is 2.51. The van der Waals surface area contributed by atoms with Crippen LogP contribution in [-0.2, 0) is 5.88 Å². The molecule has 1 unspecified atom stereocenters. The molecule has 1 aromatic heterocycles. The van der Waals surface area contributed by atoms with Crippen LogP contribution < -0.4 is 4.90 Å². The predicted molar refractivity (Wildman–Crippen MR) is 72.7 cm³/mol. The van der Waals surface area contributed by atoms with Crippen LogP contribution in [0, 0.1) is 0 Å². The molecule has 0 amide bonds. The van der Waals surface area contributed by atoms with Crippen molar-refractivity contribution in [2.75, 3.05) is 32.1 Å². The molecule has 3 nitrogen and oxygen atoms in total.